The molecule has 2 aromatic rings. The number of rotatable bonds is 4. The maximum Gasteiger partial charge on any atom is 0.195 e. The fraction of sp³-hybridized carbons (Fsp3) is 0.429. The SMILES string of the molecule is Cn1cnnc1Sc1ccc(Cl)cc1CNC(C)(C)C. The van der Waals surface area contributed by atoms with Crippen molar-refractivity contribution >= 4 is 23.4 Å². The van der Waals surface area contributed by atoms with Crippen molar-refractivity contribution < 1.29 is 0 Å². The molecule has 0 unspecified atom stereocenters. The molecule has 108 valence electrons. The molecule has 20 heavy (non-hydrogen) atoms. The zero-order valence-electron chi connectivity index (χ0n) is 12.1. The van der Waals surface area contributed by atoms with Crippen molar-refractivity contribution in [2.75, 3.05) is 0 Å². The molecule has 0 aliphatic rings. The van der Waals surface area contributed by atoms with Gasteiger partial charge in [0.15, 0.2) is 5.16 Å². The fourth-order valence-electron chi connectivity index (χ4n) is 1.61. The monoisotopic (exact) mass is 310 g/mol. The molecule has 0 spiro atoms. The summed E-state index contributed by atoms with van der Waals surface area (Å²) in [6.07, 6.45) is 1.70. The Kier molecular flexibility index (Phi) is 4.73. The highest BCUT2D eigenvalue weighted by Crippen LogP contribution is 2.30. The average molecular weight is 311 g/mol. The number of nitrogens with one attached hydrogen (secondary N) is 1. The highest BCUT2D eigenvalue weighted by Gasteiger charge is 2.13. The summed E-state index contributed by atoms with van der Waals surface area (Å²) >= 11 is 7.71. The van der Waals surface area contributed by atoms with E-state index >= 15 is 0 Å². The molecular formula is C14H19ClN4S. The minimum atomic E-state index is 0.0645. The molecule has 0 atom stereocenters. The van der Waals surface area contributed by atoms with Crippen LogP contribution in [0, 0.1) is 0 Å². The first-order valence-electron chi connectivity index (χ1n) is 6.40. The van der Waals surface area contributed by atoms with Crippen LogP contribution in [0.5, 0.6) is 0 Å². The van der Waals surface area contributed by atoms with Crippen LogP contribution < -0.4 is 5.32 Å². The maximum atomic E-state index is 6.11. The quantitative estimate of drug-likeness (QED) is 0.938. The third-order valence-electron chi connectivity index (χ3n) is 2.70. The van der Waals surface area contributed by atoms with Gasteiger partial charge in [-0.1, -0.05) is 11.6 Å². The van der Waals surface area contributed by atoms with Gasteiger partial charge in [-0.15, -0.1) is 10.2 Å². The van der Waals surface area contributed by atoms with Crippen LogP contribution in [0.1, 0.15) is 26.3 Å². The Morgan fingerprint density at radius 2 is 2.10 bits per heavy atom. The number of aromatic nitrogens is 3. The second-order valence-corrected chi connectivity index (χ2v) is 7.13. The lowest BCUT2D eigenvalue weighted by molar-refractivity contribution is 0.422. The molecule has 0 bridgehead atoms. The van der Waals surface area contributed by atoms with Gasteiger partial charge in [0, 0.05) is 29.0 Å². The van der Waals surface area contributed by atoms with E-state index < -0.39 is 0 Å². The minimum absolute atomic E-state index is 0.0645. The van der Waals surface area contributed by atoms with Crippen molar-refractivity contribution in [1.29, 1.82) is 0 Å². The van der Waals surface area contributed by atoms with Crippen molar-refractivity contribution in [2.24, 2.45) is 7.05 Å². The topological polar surface area (TPSA) is 42.7 Å². The van der Waals surface area contributed by atoms with E-state index in [2.05, 4.69) is 36.3 Å². The Morgan fingerprint density at radius 1 is 1.35 bits per heavy atom. The Morgan fingerprint density at radius 3 is 2.70 bits per heavy atom. The first kappa shape index (κ1) is 15.4. The van der Waals surface area contributed by atoms with E-state index in [0.29, 0.717) is 0 Å². The summed E-state index contributed by atoms with van der Waals surface area (Å²) < 4.78 is 1.90. The van der Waals surface area contributed by atoms with Gasteiger partial charge in [0.25, 0.3) is 0 Å². The van der Waals surface area contributed by atoms with Gasteiger partial charge in [-0.05, 0) is 56.3 Å². The van der Waals surface area contributed by atoms with Gasteiger partial charge < -0.3 is 9.88 Å². The summed E-state index contributed by atoms with van der Waals surface area (Å²) in [6, 6.07) is 5.93. The summed E-state index contributed by atoms with van der Waals surface area (Å²) in [5, 5.41) is 13.1. The molecule has 0 amide bonds. The molecule has 1 N–H and O–H groups in total. The number of nitrogens with zero attached hydrogens (tertiary/aromatic N) is 3. The molecule has 0 radical (unpaired) electrons. The number of halogens is 1. The summed E-state index contributed by atoms with van der Waals surface area (Å²) in [6.45, 7) is 7.21. The first-order chi connectivity index (χ1) is 9.35. The summed E-state index contributed by atoms with van der Waals surface area (Å²) in [5.41, 5.74) is 1.23. The van der Waals surface area contributed by atoms with E-state index in [-0.39, 0.29) is 5.54 Å². The Bertz CT molecular complexity index is 589. The van der Waals surface area contributed by atoms with E-state index in [9.17, 15) is 0 Å². The number of aryl methyl sites for hydroxylation is 1. The number of hydrogen-bond donors (Lipinski definition) is 1. The third kappa shape index (κ3) is 4.23. The lowest BCUT2D eigenvalue weighted by atomic mass is 10.1. The van der Waals surface area contributed by atoms with Gasteiger partial charge in [-0.2, -0.15) is 0 Å². The van der Waals surface area contributed by atoms with E-state index in [1.54, 1.807) is 18.1 Å². The molecule has 4 nitrogen and oxygen atoms in total. The maximum absolute atomic E-state index is 6.11. The van der Waals surface area contributed by atoms with Crippen LogP contribution in [0.3, 0.4) is 0 Å². The molecule has 1 aromatic carbocycles. The second-order valence-electron chi connectivity index (χ2n) is 5.68. The van der Waals surface area contributed by atoms with Gasteiger partial charge >= 0.3 is 0 Å². The smallest absolute Gasteiger partial charge is 0.195 e. The molecule has 0 aliphatic heterocycles. The van der Waals surface area contributed by atoms with E-state index in [1.807, 2.05) is 29.8 Å². The van der Waals surface area contributed by atoms with E-state index in [0.717, 1.165) is 21.6 Å². The molecule has 6 heteroatoms. The van der Waals surface area contributed by atoms with Crippen molar-refractivity contribution in [2.45, 2.75) is 42.9 Å². The largest absolute Gasteiger partial charge is 0.311 e. The lowest BCUT2D eigenvalue weighted by Gasteiger charge is -2.21. The van der Waals surface area contributed by atoms with Crippen LogP contribution >= 0.6 is 23.4 Å². The van der Waals surface area contributed by atoms with Crippen LogP contribution in [-0.4, -0.2) is 20.3 Å². The van der Waals surface area contributed by atoms with Crippen molar-refractivity contribution in [3.05, 3.63) is 35.1 Å². The Balaban J connectivity index is 2.21. The zero-order chi connectivity index (χ0) is 14.8. The van der Waals surface area contributed by atoms with Gasteiger partial charge in [-0.3, -0.25) is 0 Å². The Hall–Kier alpha value is -1.04. The van der Waals surface area contributed by atoms with Crippen molar-refractivity contribution in [3.8, 4) is 0 Å². The van der Waals surface area contributed by atoms with Gasteiger partial charge in [0.2, 0.25) is 0 Å². The van der Waals surface area contributed by atoms with Gasteiger partial charge in [0.1, 0.15) is 6.33 Å². The van der Waals surface area contributed by atoms with Crippen LogP contribution in [0.25, 0.3) is 0 Å². The van der Waals surface area contributed by atoms with Crippen molar-refractivity contribution in [1.82, 2.24) is 20.1 Å². The minimum Gasteiger partial charge on any atom is -0.311 e. The summed E-state index contributed by atoms with van der Waals surface area (Å²) in [5.74, 6) is 0. The van der Waals surface area contributed by atoms with E-state index in [1.165, 1.54) is 5.56 Å². The lowest BCUT2D eigenvalue weighted by Crippen LogP contribution is -2.35. The molecule has 2 rings (SSSR count). The fourth-order valence-corrected chi connectivity index (χ4v) is 2.68. The molecule has 1 heterocycles. The summed E-state index contributed by atoms with van der Waals surface area (Å²) in [4.78, 5) is 1.14. The number of hydrogen-bond acceptors (Lipinski definition) is 4. The van der Waals surface area contributed by atoms with Gasteiger partial charge in [-0.25, -0.2) is 0 Å². The molecule has 0 aliphatic carbocycles. The third-order valence-corrected chi connectivity index (χ3v) is 4.11. The normalized spacial score (nSPS) is 11.8. The second kappa shape index (κ2) is 6.16. The first-order valence-corrected chi connectivity index (χ1v) is 7.60. The van der Waals surface area contributed by atoms with Crippen LogP contribution in [0.2, 0.25) is 5.02 Å². The molecule has 0 saturated heterocycles. The van der Waals surface area contributed by atoms with Crippen molar-refractivity contribution in [3.63, 3.8) is 0 Å². The average Bonchev–Trinajstić information content (AvgIpc) is 2.74. The van der Waals surface area contributed by atoms with Gasteiger partial charge in [0.05, 0.1) is 0 Å². The molecule has 0 fully saturated rings. The molecule has 0 saturated carbocycles. The van der Waals surface area contributed by atoms with E-state index in [4.69, 9.17) is 11.6 Å². The van der Waals surface area contributed by atoms with Crippen LogP contribution in [-0.2, 0) is 13.6 Å². The molecular weight excluding hydrogens is 292 g/mol. The van der Waals surface area contributed by atoms with Crippen LogP contribution in [0.15, 0.2) is 34.6 Å². The Labute approximate surface area is 128 Å². The highest BCUT2D eigenvalue weighted by atomic mass is 35.5. The number of benzene rings is 1. The standard InChI is InChI=1S/C14H19ClN4S/c1-14(2,3)16-8-10-7-11(15)5-6-12(10)20-13-18-17-9-19(13)4/h5-7,9,16H,8H2,1-4H3. The zero-order valence-corrected chi connectivity index (χ0v) is 13.7. The predicted octanol–water partition coefficient (Wildman–Crippen LogP) is 3.51. The summed E-state index contributed by atoms with van der Waals surface area (Å²) in [7, 11) is 1.94. The molecule has 1 aromatic heterocycles. The highest BCUT2D eigenvalue weighted by molar-refractivity contribution is 7.99. The van der Waals surface area contributed by atoms with Crippen LogP contribution in [0.4, 0.5) is 0 Å². The predicted molar refractivity (Wildman–Crippen MR) is 83.2 cm³/mol.